The van der Waals surface area contributed by atoms with E-state index < -0.39 is 0 Å². The minimum atomic E-state index is -0.139. The third kappa shape index (κ3) is 5.39. The summed E-state index contributed by atoms with van der Waals surface area (Å²) in [5.74, 6) is 0.394. The molecule has 5 nitrogen and oxygen atoms in total. The van der Waals surface area contributed by atoms with Gasteiger partial charge in [-0.15, -0.1) is 0 Å². The van der Waals surface area contributed by atoms with Gasteiger partial charge in [-0.3, -0.25) is 9.59 Å². The Labute approximate surface area is 180 Å². The monoisotopic (exact) mass is 409 g/mol. The van der Waals surface area contributed by atoms with Gasteiger partial charge < -0.3 is 14.4 Å². The minimum absolute atomic E-state index is 0.0896. The summed E-state index contributed by atoms with van der Waals surface area (Å²) < 4.78 is 2.19. The van der Waals surface area contributed by atoms with Gasteiger partial charge in [-0.2, -0.15) is 0 Å². The number of pyridine rings is 1. The van der Waals surface area contributed by atoms with Gasteiger partial charge in [0.25, 0.3) is 5.91 Å². The van der Waals surface area contributed by atoms with Gasteiger partial charge in [0.2, 0.25) is 0 Å². The molecule has 3 rings (SSSR count). The first-order valence-corrected chi connectivity index (χ1v) is 11.1. The number of likely N-dealkylation sites (N-methyl/N-ethyl adjacent to an activating group) is 1. The third-order valence-electron chi connectivity index (χ3n) is 6.05. The Morgan fingerprint density at radius 2 is 1.90 bits per heavy atom. The lowest BCUT2D eigenvalue weighted by Gasteiger charge is -2.32. The van der Waals surface area contributed by atoms with Gasteiger partial charge in [0.05, 0.1) is 0 Å². The van der Waals surface area contributed by atoms with Crippen LogP contribution in [-0.2, 0) is 19.4 Å². The lowest BCUT2D eigenvalue weighted by atomic mass is 9.97. The van der Waals surface area contributed by atoms with Crippen molar-refractivity contribution in [3.05, 3.63) is 69.1 Å². The first-order chi connectivity index (χ1) is 14.4. The van der Waals surface area contributed by atoms with Crippen LogP contribution in [-0.4, -0.2) is 54.0 Å². The highest BCUT2D eigenvalue weighted by Gasteiger charge is 2.27. The van der Waals surface area contributed by atoms with E-state index in [9.17, 15) is 9.59 Å². The number of rotatable bonds is 7. The second kappa shape index (κ2) is 10.1. The van der Waals surface area contributed by atoms with Crippen molar-refractivity contribution >= 4 is 5.91 Å². The van der Waals surface area contributed by atoms with Crippen LogP contribution in [0.2, 0.25) is 0 Å². The largest absolute Gasteiger partial charge is 0.347 e. The molecule has 1 aliphatic rings. The van der Waals surface area contributed by atoms with E-state index in [1.54, 1.807) is 6.07 Å². The average Bonchev–Trinajstić information content (AvgIpc) is 2.71. The Morgan fingerprint density at radius 1 is 1.17 bits per heavy atom. The molecule has 1 aliphatic heterocycles. The van der Waals surface area contributed by atoms with Crippen molar-refractivity contribution in [3.63, 3.8) is 0 Å². The highest BCUT2D eigenvalue weighted by atomic mass is 16.2. The normalized spacial score (nSPS) is 16.8. The molecule has 0 spiro atoms. The van der Waals surface area contributed by atoms with Crippen LogP contribution in [0.1, 0.15) is 47.1 Å². The maximum atomic E-state index is 13.5. The van der Waals surface area contributed by atoms with E-state index >= 15 is 0 Å². The van der Waals surface area contributed by atoms with Crippen LogP contribution in [0, 0.1) is 12.8 Å². The number of carbonyl (C=O) groups excluding carboxylic acids is 1. The van der Waals surface area contributed by atoms with E-state index in [1.165, 1.54) is 5.56 Å². The lowest BCUT2D eigenvalue weighted by Crippen LogP contribution is -2.42. The molecule has 1 aromatic carbocycles. The van der Waals surface area contributed by atoms with E-state index in [1.807, 2.05) is 44.1 Å². The number of aryl methyl sites for hydroxylation is 2. The van der Waals surface area contributed by atoms with Crippen molar-refractivity contribution in [2.75, 3.05) is 33.7 Å². The zero-order valence-electron chi connectivity index (χ0n) is 18.9. The molecule has 1 saturated heterocycles. The number of nitrogens with zero attached hydrogens (tertiary/aromatic N) is 3. The minimum Gasteiger partial charge on any atom is -0.347 e. The summed E-state index contributed by atoms with van der Waals surface area (Å²) in [6.45, 7) is 7.26. The molecule has 162 valence electrons. The van der Waals surface area contributed by atoms with Crippen molar-refractivity contribution in [1.29, 1.82) is 0 Å². The van der Waals surface area contributed by atoms with Crippen LogP contribution in [0.15, 0.2) is 41.2 Å². The number of amides is 1. The number of hydrogen-bond donors (Lipinski definition) is 0. The second-order valence-corrected chi connectivity index (χ2v) is 8.91. The second-order valence-electron chi connectivity index (χ2n) is 8.91. The fourth-order valence-corrected chi connectivity index (χ4v) is 4.37. The highest BCUT2D eigenvalue weighted by molar-refractivity contribution is 5.95. The SMILES string of the molecule is Cc1cc(=O)c(C(=O)N2CCCC(C)C2)c(CCc2ccccc2)n1CCN(C)C. The van der Waals surface area contributed by atoms with Gasteiger partial charge in [-0.25, -0.2) is 0 Å². The number of piperidine rings is 1. The Morgan fingerprint density at radius 3 is 2.57 bits per heavy atom. The summed E-state index contributed by atoms with van der Waals surface area (Å²) in [4.78, 5) is 30.6. The first-order valence-electron chi connectivity index (χ1n) is 11.1. The van der Waals surface area contributed by atoms with Gasteiger partial charge in [-0.05, 0) is 58.2 Å². The lowest BCUT2D eigenvalue weighted by molar-refractivity contribution is 0.0679. The van der Waals surface area contributed by atoms with Gasteiger partial charge in [-0.1, -0.05) is 37.3 Å². The van der Waals surface area contributed by atoms with Crippen LogP contribution in [0.3, 0.4) is 0 Å². The summed E-state index contributed by atoms with van der Waals surface area (Å²) in [7, 11) is 4.09. The van der Waals surface area contributed by atoms with Gasteiger partial charge >= 0.3 is 0 Å². The molecule has 5 heteroatoms. The Hall–Kier alpha value is -2.40. The van der Waals surface area contributed by atoms with E-state index in [-0.39, 0.29) is 11.3 Å². The number of likely N-dealkylation sites (tertiary alicyclic amines) is 1. The Kier molecular flexibility index (Phi) is 7.48. The number of hydrogen-bond acceptors (Lipinski definition) is 3. The highest BCUT2D eigenvalue weighted by Crippen LogP contribution is 2.20. The van der Waals surface area contributed by atoms with Crippen molar-refractivity contribution in [3.8, 4) is 0 Å². The van der Waals surface area contributed by atoms with Crippen molar-refractivity contribution in [2.24, 2.45) is 5.92 Å². The fraction of sp³-hybridized carbons (Fsp3) is 0.520. The van der Waals surface area contributed by atoms with Crippen LogP contribution in [0.25, 0.3) is 0 Å². The predicted molar refractivity (Wildman–Crippen MR) is 122 cm³/mol. The molecule has 0 saturated carbocycles. The molecule has 0 N–H and O–H groups in total. The molecular weight excluding hydrogens is 374 g/mol. The molecule has 2 heterocycles. The quantitative estimate of drug-likeness (QED) is 0.704. The van der Waals surface area contributed by atoms with Crippen molar-refractivity contribution in [1.82, 2.24) is 14.4 Å². The Balaban J connectivity index is 2.00. The molecule has 1 amide bonds. The summed E-state index contributed by atoms with van der Waals surface area (Å²) in [5, 5.41) is 0. The van der Waals surface area contributed by atoms with E-state index in [2.05, 4.69) is 28.5 Å². The van der Waals surface area contributed by atoms with E-state index in [0.717, 1.165) is 56.8 Å². The topological polar surface area (TPSA) is 45.6 Å². The van der Waals surface area contributed by atoms with Gasteiger partial charge in [0, 0.05) is 43.6 Å². The van der Waals surface area contributed by atoms with Crippen molar-refractivity contribution < 1.29 is 4.79 Å². The number of carbonyl (C=O) groups is 1. The van der Waals surface area contributed by atoms with E-state index in [4.69, 9.17) is 0 Å². The average molecular weight is 410 g/mol. The van der Waals surface area contributed by atoms with Crippen LogP contribution >= 0.6 is 0 Å². The summed E-state index contributed by atoms with van der Waals surface area (Å²) >= 11 is 0. The van der Waals surface area contributed by atoms with E-state index in [0.29, 0.717) is 17.9 Å². The summed E-state index contributed by atoms with van der Waals surface area (Å²) in [6.07, 6.45) is 3.64. The summed E-state index contributed by atoms with van der Waals surface area (Å²) in [5.41, 5.74) is 3.27. The van der Waals surface area contributed by atoms with Crippen LogP contribution in [0.4, 0.5) is 0 Å². The molecule has 0 aliphatic carbocycles. The third-order valence-corrected chi connectivity index (χ3v) is 6.05. The molecule has 0 radical (unpaired) electrons. The van der Waals surface area contributed by atoms with Crippen LogP contribution in [0.5, 0.6) is 0 Å². The molecule has 1 fully saturated rings. The molecule has 0 bridgehead atoms. The molecule has 1 aromatic heterocycles. The molecule has 1 atom stereocenters. The molecule has 30 heavy (non-hydrogen) atoms. The predicted octanol–water partition coefficient (Wildman–Crippen LogP) is 3.38. The van der Waals surface area contributed by atoms with Gasteiger partial charge in [0.15, 0.2) is 5.43 Å². The molecule has 2 aromatic rings. The fourth-order valence-electron chi connectivity index (χ4n) is 4.37. The maximum Gasteiger partial charge on any atom is 0.259 e. The number of aromatic nitrogens is 1. The van der Waals surface area contributed by atoms with Crippen molar-refractivity contribution in [2.45, 2.75) is 46.1 Å². The number of benzene rings is 1. The Bertz CT molecular complexity index is 918. The molecule has 1 unspecified atom stereocenters. The van der Waals surface area contributed by atoms with Crippen LogP contribution < -0.4 is 5.43 Å². The summed E-state index contributed by atoms with van der Waals surface area (Å²) in [6, 6.07) is 11.9. The standard InChI is InChI=1S/C25H35N3O2/c1-19-9-8-14-27(18-19)25(30)24-22(13-12-21-10-6-5-7-11-21)28(16-15-26(3)4)20(2)17-23(24)29/h5-7,10-11,17,19H,8-9,12-16,18H2,1-4H3. The maximum absolute atomic E-state index is 13.5. The van der Waals surface area contributed by atoms with Gasteiger partial charge in [0.1, 0.15) is 5.56 Å². The smallest absolute Gasteiger partial charge is 0.259 e. The molecular formula is C25H35N3O2. The zero-order valence-corrected chi connectivity index (χ0v) is 18.9. The first kappa shape index (κ1) is 22.3. The zero-order chi connectivity index (χ0) is 21.7.